The van der Waals surface area contributed by atoms with E-state index in [1.165, 1.54) is 12.1 Å². The van der Waals surface area contributed by atoms with Gasteiger partial charge in [-0.15, -0.1) is 11.3 Å². The molecule has 0 aliphatic heterocycles. The van der Waals surface area contributed by atoms with Gasteiger partial charge in [-0.2, -0.15) is 13.2 Å². The van der Waals surface area contributed by atoms with Crippen LogP contribution in [0.25, 0.3) is 10.4 Å². The quantitative estimate of drug-likeness (QED) is 0.865. The van der Waals surface area contributed by atoms with Gasteiger partial charge >= 0.3 is 6.18 Å². The van der Waals surface area contributed by atoms with Crippen LogP contribution in [-0.2, 0) is 0 Å². The van der Waals surface area contributed by atoms with Gasteiger partial charge in [0.15, 0.2) is 0 Å². The highest BCUT2D eigenvalue weighted by atomic mass is 32.1. The SMILES string of the molecule is N[C@@H](c1ccc(-c2cccs2)cc1)C(F)(F)F. The Morgan fingerprint density at radius 1 is 1.06 bits per heavy atom. The minimum absolute atomic E-state index is 0.0813. The maximum absolute atomic E-state index is 12.4. The zero-order chi connectivity index (χ0) is 12.5. The predicted molar refractivity (Wildman–Crippen MR) is 62.7 cm³/mol. The van der Waals surface area contributed by atoms with Crippen LogP contribution in [0, 0.1) is 0 Å². The summed E-state index contributed by atoms with van der Waals surface area (Å²) >= 11 is 1.54. The fourth-order valence-electron chi connectivity index (χ4n) is 1.49. The summed E-state index contributed by atoms with van der Waals surface area (Å²) in [5.41, 5.74) is 6.10. The molecule has 1 atom stereocenters. The molecule has 0 spiro atoms. The molecule has 0 aliphatic carbocycles. The van der Waals surface area contributed by atoms with Gasteiger partial charge in [0.1, 0.15) is 6.04 Å². The molecule has 17 heavy (non-hydrogen) atoms. The lowest BCUT2D eigenvalue weighted by molar-refractivity contribution is -0.149. The molecule has 0 fully saturated rings. The van der Waals surface area contributed by atoms with Crippen LogP contribution in [0.3, 0.4) is 0 Å². The average molecular weight is 257 g/mol. The van der Waals surface area contributed by atoms with E-state index in [0.29, 0.717) is 0 Å². The second kappa shape index (κ2) is 4.50. The maximum Gasteiger partial charge on any atom is 0.407 e. The van der Waals surface area contributed by atoms with E-state index in [2.05, 4.69) is 0 Å². The Hall–Kier alpha value is -1.33. The Morgan fingerprint density at radius 2 is 1.71 bits per heavy atom. The molecule has 0 radical (unpaired) electrons. The van der Waals surface area contributed by atoms with E-state index in [1.807, 2.05) is 17.5 Å². The number of halogens is 3. The third-order valence-electron chi connectivity index (χ3n) is 2.43. The van der Waals surface area contributed by atoms with Crippen molar-refractivity contribution in [3.63, 3.8) is 0 Å². The average Bonchev–Trinajstić information content (AvgIpc) is 2.80. The van der Waals surface area contributed by atoms with Gasteiger partial charge < -0.3 is 5.73 Å². The fourth-order valence-corrected chi connectivity index (χ4v) is 2.22. The normalized spacial score (nSPS) is 13.6. The molecule has 0 amide bonds. The van der Waals surface area contributed by atoms with Gasteiger partial charge in [0.25, 0.3) is 0 Å². The Kier molecular flexibility index (Phi) is 3.22. The molecule has 0 aliphatic rings. The van der Waals surface area contributed by atoms with Crippen LogP contribution in [0.1, 0.15) is 11.6 Å². The first kappa shape index (κ1) is 12.1. The molecule has 1 heterocycles. The highest BCUT2D eigenvalue weighted by molar-refractivity contribution is 7.13. The van der Waals surface area contributed by atoms with Crippen LogP contribution in [0.2, 0.25) is 0 Å². The lowest BCUT2D eigenvalue weighted by Crippen LogP contribution is -2.28. The lowest BCUT2D eigenvalue weighted by atomic mass is 10.0. The Balaban J connectivity index is 2.25. The van der Waals surface area contributed by atoms with Crippen LogP contribution in [-0.4, -0.2) is 6.18 Å². The number of hydrogen-bond donors (Lipinski definition) is 1. The summed E-state index contributed by atoms with van der Waals surface area (Å²) in [5, 5.41) is 1.92. The molecule has 2 rings (SSSR count). The van der Waals surface area contributed by atoms with Crippen molar-refractivity contribution in [2.24, 2.45) is 5.73 Å². The molecule has 1 nitrogen and oxygen atoms in total. The van der Waals surface area contributed by atoms with Gasteiger partial charge in [-0.25, -0.2) is 0 Å². The van der Waals surface area contributed by atoms with Crippen molar-refractivity contribution >= 4 is 11.3 Å². The van der Waals surface area contributed by atoms with Crippen molar-refractivity contribution in [2.75, 3.05) is 0 Å². The fraction of sp³-hybridized carbons (Fsp3) is 0.167. The Bertz CT molecular complexity index is 473. The van der Waals surface area contributed by atoms with Gasteiger partial charge in [0.05, 0.1) is 0 Å². The highest BCUT2D eigenvalue weighted by Gasteiger charge is 2.37. The minimum atomic E-state index is -4.40. The summed E-state index contributed by atoms with van der Waals surface area (Å²) in [6.07, 6.45) is -4.40. The summed E-state index contributed by atoms with van der Waals surface area (Å²) in [4.78, 5) is 1.03. The molecule has 0 saturated carbocycles. The molecule has 0 saturated heterocycles. The molecule has 5 heteroatoms. The maximum atomic E-state index is 12.4. The number of alkyl halides is 3. The summed E-state index contributed by atoms with van der Waals surface area (Å²) in [6, 6.07) is 8.07. The molecule has 1 aromatic carbocycles. The third-order valence-corrected chi connectivity index (χ3v) is 3.35. The molecular formula is C12H10F3NS. The number of thiophene rings is 1. The smallest absolute Gasteiger partial charge is 0.316 e. The van der Waals surface area contributed by atoms with Gasteiger partial charge in [-0.1, -0.05) is 30.3 Å². The molecule has 2 N–H and O–H groups in total. The molecule has 1 aromatic heterocycles. The molecule has 2 aromatic rings. The van der Waals surface area contributed by atoms with Crippen LogP contribution >= 0.6 is 11.3 Å². The van der Waals surface area contributed by atoms with Crippen LogP contribution in [0.4, 0.5) is 13.2 Å². The topological polar surface area (TPSA) is 26.0 Å². The highest BCUT2D eigenvalue weighted by Crippen LogP contribution is 2.32. The van der Waals surface area contributed by atoms with Crippen LogP contribution in [0.5, 0.6) is 0 Å². The van der Waals surface area contributed by atoms with Crippen molar-refractivity contribution in [2.45, 2.75) is 12.2 Å². The molecular weight excluding hydrogens is 247 g/mol. The predicted octanol–water partition coefficient (Wildman–Crippen LogP) is 3.98. The molecule has 0 bridgehead atoms. The van der Waals surface area contributed by atoms with E-state index in [-0.39, 0.29) is 5.56 Å². The van der Waals surface area contributed by atoms with Crippen molar-refractivity contribution in [3.05, 3.63) is 47.3 Å². The van der Waals surface area contributed by atoms with Crippen LogP contribution in [0.15, 0.2) is 41.8 Å². The van der Waals surface area contributed by atoms with Crippen molar-refractivity contribution < 1.29 is 13.2 Å². The van der Waals surface area contributed by atoms with Crippen molar-refractivity contribution in [1.29, 1.82) is 0 Å². The second-order valence-electron chi connectivity index (χ2n) is 3.62. The van der Waals surface area contributed by atoms with Gasteiger partial charge in [0.2, 0.25) is 0 Å². The first-order valence-electron chi connectivity index (χ1n) is 4.94. The zero-order valence-electron chi connectivity index (χ0n) is 8.74. The largest absolute Gasteiger partial charge is 0.407 e. The molecule has 0 unspecified atom stereocenters. The van der Waals surface area contributed by atoms with E-state index in [0.717, 1.165) is 10.4 Å². The first-order chi connectivity index (χ1) is 7.98. The van der Waals surface area contributed by atoms with E-state index >= 15 is 0 Å². The van der Waals surface area contributed by atoms with E-state index < -0.39 is 12.2 Å². The summed E-state index contributed by atoms with van der Waals surface area (Å²) in [7, 11) is 0. The summed E-state index contributed by atoms with van der Waals surface area (Å²) in [6.45, 7) is 0. The standard InChI is InChI=1S/C12H10F3NS/c13-12(14,15)11(16)9-5-3-8(4-6-9)10-2-1-7-17-10/h1-7,11H,16H2/t11-/m0/s1. The minimum Gasteiger partial charge on any atom is -0.316 e. The number of hydrogen-bond acceptors (Lipinski definition) is 2. The lowest BCUT2D eigenvalue weighted by Gasteiger charge is -2.15. The molecule has 90 valence electrons. The van der Waals surface area contributed by atoms with Crippen LogP contribution < -0.4 is 5.73 Å². The van der Waals surface area contributed by atoms with Gasteiger partial charge in [-0.05, 0) is 22.6 Å². The summed E-state index contributed by atoms with van der Waals surface area (Å²) in [5.74, 6) is 0. The third kappa shape index (κ3) is 2.68. The van der Waals surface area contributed by atoms with Crippen molar-refractivity contribution in [1.82, 2.24) is 0 Å². The second-order valence-corrected chi connectivity index (χ2v) is 4.57. The monoisotopic (exact) mass is 257 g/mol. The number of rotatable bonds is 2. The Morgan fingerprint density at radius 3 is 2.18 bits per heavy atom. The summed E-state index contributed by atoms with van der Waals surface area (Å²) < 4.78 is 37.2. The number of benzene rings is 1. The van der Waals surface area contributed by atoms with Gasteiger partial charge in [0, 0.05) is 4.88 Å². The van der Waals surface area contributed by atoms with E-state index in [9.17, 15) is 13.2 Å². The number of nitrogens with two attached hydrogens (primary N) is 1. The zero-order valence-corrected chi connectivity index (χ0v) is 9.55. The first-order valence-corrected chi connectivity index (χ1v) is 5.82. The Labute approximate surface area is 101 Å². The van der Waals surface area contributed by atoms with Gasteiger partial charge in [-0.3, -0.25) is 0 Å². The van der Waals surface area contributed by atoms with E-state index in [1.54, 1.807) is 23.5 Å². The van der Waals surface area contributed by atoms with Crippen molar-refractivity contribution in [3.8, 4) is 10.4 Å². The van der Waals surface area contributed by atoms with E-state index in [4.69, 9.17) is 5.73 Å².